The lowest BCUT2D eigenvalue weighted by atomic mass is 10.1. The van der Waals surface area contributed by atoms with Crippen LogP contribution in [0.4, 0.5) is 4.39 Å². The van der Waals surface area contributed by atoms with Crippen molar-refractivity contribution in [1.29, 1.82) is 0 Å². The minimum Gasteiger partial charge on any atom is -0.354 e. The Labute approximate surface area is 145 Å². The molecule has 6 nitrogen and oxygen atoms in total. The molecule has 1 aliphatic carbocycles. The van der Waals surface area contributed by atoms with E-state index in [4.69, 9.17) is 0 Å². The van der Waals surface area contributed by atoms with Crippen LogP contribution in [0.15, 0.2) is 29.1 Å². The minimum atomic E-state index is -0.323. The summed E-state index contributed by atoms with van der Waals surface area (Å²) in [5, 5.41) is 7.24. The van der Waals surface area contributed by atoms with Gasteiger partial charge in [-0.2, -0.15) is 0 Å². The van der Waals surface area contributed by atoms with E-state index in [0.717, 1.165) is 12.8 Å². The number of hydrogen-bond acceptors (Lipinski definition) is 3. The first-order valence-electron chi connectivity index (χ1n) is 8.67. The second-order valence-electron chi connectivity index (χ2n) is 6.89. The number of nitrogens with one attached hydrogen (secondary N) is 1. The van der Waals surface area contributed by atoms with E-state index in [1.165, 1.54) is 16.8 Å². The molecule has 0 bridgehead atoms. The zero-order valence-electron chi connectivity index (χ0n) is 14.5. The number of halogens is 1. The first-order chi connectivity index (χ1) is 12.0. The van der Waals surface area contributed by atoms with Crippen LogP contribution in [0.1, 0.15) is 39.2 Å². The molecule has 7 heteroatoms. The molecule has 0 atom stereocenters. The highest BCUT2D eigenvalue weighted by Gasteiger charge is 2.30. The molecule has 0 unspecified atom stereocenters. The van der Waals surface area contributed by atoms with Crippen molar-refractivity contribution in [2.75, 3.05) is 6.54 Å². The van der Waals surface area contributed by atoms with Crippen molar-refractivity contribution in [2.24, 2.45) is 5.92 Å². The van der Waals surface area contributed by atoms with Crippen LogP contribution in [0, 0.1) is 11.7 Å². The summed E-state index contributed by atoms with van der Waals surface area (Å²) in [7, 11) is 0. The van der Waals surface area contributed by atoms with E-state index in [0.29, 0.717) is 36.8 Å². The van der Waals surface area contributed by atoms with Crippen molar-refractivity contribution in [3.63, 3.8) is 0 Å². The standard InChI is InChI=1S/C18H23FN4O2/c1-12(2)11-16(24)20-9-10-22-18(25)23(15-7-8-15)17(21-22)13-3-5-14(19)6-4-13/h3-6,12,15H,7-11H2,1-2H3,(H,20,24). The summed E-state index contributed by atoms with van der Waals surface area (Å²) in [5.41, 5.74) is 0.535. The Morgan fingerprint density at radius 1 is 1.32 bits per heavy atom. The second-order valence-corrected chi connectivity index (χ2v) is 6.89. The van der Waals surface area contributed by atoms with Gasteiger partial charge in [0.05, 0.1) is 6.54 Å². The predicted octanol–water partition coefficient (Wildman–Crippen LogP) is 2.35. The number of benzene rings is 1. The summed E-state index contributed by atoms with van der Waals surface area (Å²) < 4.78 is 16.2. The van der Waals surface area contributed by atoms with Crippen LogP contribution in [0.5, 0.6) is 0 Å². The van der Waals surface area contributed by atoms with Gasteiger partial charge in [0.2, 0.25) is 5.91 Å². The molecule has 1 aliphatic rings. The molecule has 0 saturated heterocycles. The molecule has 1 aromatic heterocycles. The van der Waals surface area contributed by atoms with Crippen molar-refractivity contribution in [3.8, 4) is 11.4 Å². The summed E-state index contributed by atoms with van der Waals surface area (Å²) >= 11 is 0. The molecule has 1 heterocycles. The highest BCUT2D eigenvalue weighted by atomic mass is 19.1. The van der Waals surface area contributed by atoms with Gasteiger partial charge in [0.25, 0.3) is 0 Å². The fourth-order valence-electron chi connectivity index (χ4n) is 2.77. The number of nitrogens with zero attached hydrogens (tertiary/aromatic N) is 3. The molecule has 1 amide bonds. The number of carbonyl (C=O) groups excluding carboxylic acids is 1. The third-order valence-electron chi connectivity index (χ3n) is 4.12. The Bertz CT molecular complexity index is 803. The smallest absolute Gasteiger partial charge is 0.346 e. The van der Waals surface area contributed by atoms with Gasteiger partial charge < -0.3 is 5.32 Å². The van der Waals surface area contributed by atoms with Crippen molar-refractivity contribution >= 4 is 5.91 Å². The Morgan fingerprint density at radius 2 is 2.00 bits per heavy atom. The number of aromatic nitrogens is 3. The van der Waals surface area contributed by atoms with Gasteiger partial charge in [-0.1, -0.05) is 13.8 Å². The molecular formula is C18H23FN4O2. The number of carbonyl (C=O) groups is 1. The van der Waals surface area contributed by atoms with Crippen LogP contribution in [-0.4, -0.2) is 26.8 Å². The van der Waals surface area contributed by atoms with Crippen LogP contribution in [0.25, 0.3) is 11.4 Å². The van der Waals surface area contributed by atoms with Gasteiger partial charge in [-0.05, 0) is 43.0 Å². The third kappa shape index (κ3) is 4.15. The first-order valence-corrected chi connectivity index (χ1v) is 8.67. The Hall–Kier alpha value is -2.44. The fourth-order valence-corrected chi connectivity index (χ4v) is 2.77. The summed E-state index contributed by atoms with van der Waals surface area (Å²) in [4.78, 5) is 24.4. The quantitative estimate of drug-likeness (QED) is 0.837. The van der Waals surface area contributed by atoms with Gasteiger partial charge in [0.1, 0.15) is 5.82 Å². The third-order valence-corrected chi connectivity index (χ3v) is 4.12. The van der Waals surface area contributed by atoms with Crippen LogP contribution < -0.4 is 11.0 Å². The van der Waals surface area contributed by atoms with Crippen LogP contribution in [-0.2, 0) is 11.3 Å². The first kappa shape index (κ1) is 17.4. The molecule has 1 saturated carbocycles. The van der Waals surface area contributed by atoms with E-state index in [9.17, 15) is 14.0 Å². The molecule has 1 aromatic carbocycles. The molecule has 0 spiro atoms. The molecule has 1 N–H and O–H groups in total. The highest BCUT2D eigenvalue weighted by molar-refractivity contribution is 5.75. The lowest BCUT2D eigenvalue weighted by molar-refractivity contribution is -0.121. The van der Waals surface area contributed by atoms with Crippen LogP contribution in [0.3, 0.4) is 0 Å². The van der Waals surface area contributed by atoms with Gasteiger partial charge in [0.15, 0.2) is 5.82 Å². The maximum atomic E-state index is 13.2. The Morgan fingerprint density at radius 3 is 2.60 bits per heavy atom. The van der Waals surface area contributed by atoms with Crippen molar-refractivity contribution in [1.82, 2.24) is 19.7 Å². The zero-order chi connectivity index (χ0) is 18.0. The molecule has 0 radical (unpaired) electrons. The van der Waals surface area contributed by atoms with Crippen molar-refractivity contribution in [2.45, 2.75) is 45.7 Å². The lowest BCUT2D eigenvalue weighted by Crippen LogP contribution is -2.32. The molecule has 3 rings (SSSR count). The average Bonchev–Trinajstić information content (AvgIpc) is 3.33. The summed E-state index contributed by atoms with van der Waals surface area (Å²) in [6, 6.07) is 6.15. The van der Waals surface area contributed by atoms with E-state index in [1.54, 1.807) is 16.7 Å². The second kappa shape index (κ2) is 7.21. The summed E-state index contributed by atoms with van der Waals surface area (Å²) in [5.74, 6) is 0.502. The molecule has 25 heavy (non-hydrogen) atoms. The molecule has 1 fully saturated rings. The normalized spacial score (nSPS) is 14.1. The predicted molar refractivity (Wildman–Crippen MR) is 92.6 cm³/mol. The van der Waals surface area contributed by atoms with Gasteiger partial charge in [0, 0.05) is 24.6 Å². The number of rotatable bonds is 7. The van der Waals surface area contributed by atoms with Crippen LogP contribution in [0.2, 0.25) is 0 Å². The lowest BCUT2D eigenvalue weighted by Gasteiger charge is -2.06. The maximum absolute atomic E-state index is 13.2. The SMILES string of the molecule is CC(C)CC(=O)NCCn1nc(-c2ccc(F)cc2)n(C2CC2)c1=O. The largest absolute Gasteiger partial charge is 0.354 e. The number of amides is 1. The average molecular weight is 346 g/mol. The monoisotopic (exact) mass is 346 g/mol. The Kier molecular flexibility index (Phi) is 5.01. The zero-order valence-corrected chi connectivity index (χ0v) is 14.5. The van der Waals surface area contributed by atoms with E-state index in [-0.39, 0.29) is 23.5 Å². The van der Waals surface area contributed by atoms with E-state index < -0.39 is 0 Å². The van der Waals surface area contributed by atoms with Crippen molar-refractivity contribution in [3.05, 3.63) is 40.6 Å². The van der Waals surface area contributed by atoms with Crippen LogP contribution >= 0.6 is 0 Å². The van der Waals surface area contributed by atoms with Gasteiger partial charge >= 0.3 is 5.69 Å². The molecule has 134 valence electrons. The molecule has 0 aliphatic heterocycles. The minimum absolute atomic E-state index is 0.0246. The summed E-state index contributed by atoms with van der Waals surface area (Å²) in [6.07, 6.45) is 2.36. The van der Waals surface area contributed by atoms with E-state index in [2.05, 4.69) is 10.4 Å². The van der Waals surface area contributed by atoms with E-state index >= 15 is 0 Å². The van der Waals surface area contributed by atoms with Gasteiger partial charge in [-0.25, -0.2) is 13.9 Å². The van der Waals surface area contributed by atoms with Gasteiger partial charge in [-0.3, -0.25) is 9.36 Å². The van der Waals surface area contributed by atoms with Gasteiger partial charge in [-0.15, -0.1) is 5.10 Å². The number of hydrogen-bond donors (Lipinski definition) is 1. The molecule has 2 aromatic rings. The van der Waals surface area contributed by atoms with E-state index in [1.807, 2.05) is 13.8 Å². The topological polar surface area (TPSA) is 68.9 Å². The summed E-state index contributed by atoms with van der Waals surface area (Å²) in [6.45, 7) is 4.64. The fraction of sp³-hybridized carbons (Fsp3) is 0.500. The highest BCUT2D eigenvalue weighted by Crippen LogP contribution is 2.36. The molecular weight excluding hydrogens is 323 g/mol. The van der Waals surface area contributed by atoms with Crippen molar-refractivity contribution < 1.29 is 9.18 Å². The maximum Gasteiger partial charge on any atom is 0.346 e. The Balaban J connectivity index is 1.77.